The van der Waals surface area contributed by atoms with Gasteiger partial charge in [0.05, 0.1) is 43.0 Å². The van der Waals surface area contributed by atoms with E-state index in [0.717, 1.165) is 72.2 Å². The number of aromatic nitrogens is 2. The van der Waals surface area contributed by atoms with Gasteiger partial charge < -0.3 is 14.7 Å². The number of anilines is 1. The van der Waals surface area contributed by atoms with Crippen LogP contribution in [0.3, 0.4) is 0 Å². The van der Waals surface area contributed by atoms with Crippen molar-refractivity contribution >= 4 is 33.3 Å². The van der Waals surface area contributed by atoms with Gasteiger partial charge >= 0.3 is 0 Å². The van der Waals surface area contributed by atoms with Gasteiger partial charge in [-0.2, -0.15) is 0 Å². The SMILES string of the molecule is CCC[NH+]1CCN(C(=O)c2sc3ncnc(N4CCc5ccccc5C4)c3c2C)CC1. The third-order valence-electron chi connectivity index (χ3n) is 6.69. The molecule has 7 heteroatoms. The Balaban J connectivity index is 1.43. The molecule has 2 aliphatic heterocycles. The minimum absolute atomic E-state index is 0.158. The second-order valence-electron chi connectivity index (χ2n) is 8.67. The summed E-state index contributed by atoms with van der Waals surface area (Å²) in [6, 6.07) is 8.64. The lowest BCUT2D eigenvalue weighted by molar-refractivity contribution is -0.904. The molecule has 1 fully saturated rings. The number of piperazine rings is 1. The van der Waals surface area contributed by atoms with Gasteiger partial charge in [0.2, 0.25) is 0 Å². The molecule has 0 saturated carbocycles. The number of fused-ring (bicyclic) bond motifs is 2. The summed E-state index contributed by atoms with van der Waals surface area (Å²) in [4.78, 5) is 30.3. The Morgan fingerprint density at radius 1 is 1.13 bits per heavy atom. The zero-order valence-electron chi connectivity index (χ0n) is 18.4. The molecular formula is C24H30N5OS+. The van der Waals surface area contributed by atoms with Crippen molar-refractivity contribution in [2.75, 3.05) is 44.2 Å². The van der Waals surface area contributed by atoms with Gasteiger partial charge in [-0.15, -0.1) is 11.3 Å². The lowest BCUT2D eigenvalue weighted by Gasteiger charge is -2.32. The van der Waals surface area contributed by atoms with Crippen LogP contribution in [-0.4, -0.2) is 60.0 Å². The van der Waals surface area contributed by atoms with E-state index >= 15 is 0 Å². The summed E-state index contributed by atoms with van der Waals surface area (Å²) in [5.74, 6) is 1.12. The van der Waals surface area contributed by atoms with E-state index < -0.39 is 0 Å². The van der Waals surface area contributed by atoms with Crippen LogP contribution in [0.1, 0.15) is 39.7 Å². The molecule has 3 aromatic rings. The van der Waals surface area contributed by atoms with Crippen LogP contribution in [0.2, 0.25) is 0 Å². The number of aryl methyl sites for hydroxylation is 1. The van der Waals surface area contributed by atoms with Crippen molar-refractivity contribution in [3.05, 3.63) is 52.2 Å². The summed E-state index contributed by atoms with van der Waals surface area (Å²) in [5.41, 5.74) is 3.81. The maximum atomic E-state index is 13.4. The molecule has 0 atom stereocenters. The maximum Gasteiger partial charge on any atom is 0.264 e. The molecule has 4 heterocycles. The van der Waals surface area contributed by atoms with Gasteiger partial charge in [0.1, 0.15) is 17.0 Å². The number of hydrogen-bond donors (Lipinski definition) is 1. The van der Waals surface area contributed by atoms with Crippen molar-refractivity contribution in [3.63, 3.8) is 0 Å². The molecule has 162 valence electrons. The standard InChI is InChI=1S/C24H29N5OS/c1-3-9-27-11-13-28(14-12-27)24(30)21-17(2)20-22(25-16-26-23(20)31-21)29-10-8-18-6-4-5-7-19(18)15-29/h4-7,16H,3,8-15H2,1-2H3/p+1. The molecule has 2 aromatic heterocycles. The Kier molecular flexibility index (Phi) is 5.63. The molecule has 0 radical (unpaired) electrons. The van der Waals surface area contributed by atoms with Gasteiger partial charge in [0, 0.05) is 13.1 Å². The molecule has 0 unspecified atom stereocenters. The number of benzene rings is 1. The molecule has 1 aromatic carbocycles. The van der Waals surface area contributed by atoms with Gasteiger partial charge in [0.25, 0.3) is 5.91 Å². The average molecular weight is 437 g/mol. The van der Waals surface area contributed by atoms with E-state index in [9.17, 15) is 4.79 Å². The number of hydrogen-bond acceptors (Lipinski definition) is 5. The van der Waals surface area contributed by atoms with Gasteiger partial charge in [-0.05, 0) is 36.5 Å². The lowest BCUT2D eigenvalue weighted by atomic mass is 9.99. The highest BCUT2D eigenvalue weighted by Crippen LogP contribution is 2.37. The number of carbonyl (C=O) groups excluding carboxylic acids is 1. The number of quaternary nitrogens is 1. The molecule has 1 amide bonds. The average Bonchev–Trinajstić information content (AvgIpc) is 3.15. The zero-order valence-corrected chi connectivity index (χ0v) is 19.2. The molecule has 1 saturated heterocycles. The normalized spacial score (nSPS) is 17.2. The number of nitrogens with zero attached hydrogens (tertiary/aromatic N) is 4. The summed E-state index contributed by atoms with van der Waals surface area (Å²) in [5, 5.41) is 1.05. The molecule has 0 spiro atoms. The fraction of sp³-hybridized carbons (Fsp3) is 0.458. The Hall–Kier alpha value is -2.51. The molecule has 0 bridgehead atoms. The Labute approximate surface area is 187 Å². The van der Waals surface area contributed by atoms with Crippen molar-refractivity contribution in [1.29, 1.82) is 0 Å². The first-order valence-corrected chi connectivity index (χ1v) is 12.2. The van der Waals surface area contributed by atoms with Gasteiger partial charge in [-0.3, -0.25) is 4.79 Å². The van der Waals surface area contributed by atoms with Gasteiger partial charge in [-0.25, -0.2) is 9.97 Å². The number of carbonyl (C=O) groups is 1. The van der Waals surface area contributed by atoms with Crippen LogP contribution in [0.5, 0.6) is 0 Å². The fourth-order valence-corrected chi connectivity index (χ4v) is 6.06. The van der Waals surface area contributed by atoms with E-state index in [4.69, 9.17) is 0 Å². The molecule has 0 aliphatic carbocycles. The molecule has 5 rings (SSSR count). The zero-order chi connectivity index (χ0) is 21.4. The van der Waals surface area contributed by atoms with E-state index in [1.165, 1.54) is 35.4 Å². The number of thiophene rings is 1. The van der Waals surface area contributed by atoms with E-state index in [1.54, 1.807) is 11.2 Å². The third-order valence-corrected chi connectivity index (χ3v) is 7.88. The highest BCUT2D eigenvalue weighted by molar-refractivity contribution is 7.20. The first-order chi connectivity index (χ1) is 15.2. The first kappa shape index (κ1) is 20.4. The van der Waals surface area contributed by atoms with Crippen LogP contribution in [0.15, 0.2) is 30.6 Å². The number of amides is 1. The first-order valence-electron chi connectivity index (χ1n) is 11.3. The Bertz CT molecular complexity index is 1100. The second kappa shape index (κ2) is 8.55. The quantitative estimate of drug-likeness (QED) is 0.682. The molecular weight excluding hydrogens is 406 g/mol. The van der Waals surface area contributed by atoms with Crippen LogP contribution in [0.4, 0.5) is 5.82 Å². The van der Waals surface area contributed by atoms with E-state index in [2.05, 4.69) is 53.0 Å². The predicted octanol–water partition coefficient (Wildman–Crippen LogP) is 2.31. The van der Waals surface area contributed by atoms with Crippen molar-refractivity contribution in [3.8, 4) is 0 Å². The largest absolute Gasteiger partial charge is 0.351 e. The molecule has 2 aliphatic rings. The van der Waals surface area contributed by atoms with Crippen molar-refractivity contribution < 1.29 is 9.69 Å². The summed E-state index contributed by atoms with van der Waals surface area (Å²) in [7, 11) is 0. The maximum absolute atomic E-state index is 13.4. The van der Waals surface area contributed by atoms with Crippen molar-refractivity contribution in [2.45, 2.75) is 33.2 Å². The van der Waals surface area contributed by atoms with Crippen LogP contribution < -0.4 is 9.80 Å². The van der Waals surface area contributed by atoms with Gasteiger partial charge in [0.15, 0.2) is 0 Å². The molecule has 31 heavy (non-hydrogen) atoms. The van der Waals surface area contributed by atoms with E-state index in [0.29, 0.717) is 0 Å². The van der Waals surface area contributed by atoms with Crippen molar-refractivity contribution in [2.24, 2.45) is 0 Å². The third kappa shape index (κ3) is 3.81. The van der Waals surface area contributed by atoms with Crippen LogP contribution in [0, 0.1) is 6.92 Å². The highest BCUT2D eigenvalue weighted by atomic mass is 32.1. The van der Waals surface area contributed by atoms with Crippen molar-refractivity contribution in [1.82, 2.24) is 14.9 Å². The summed E-state index contributed by atoms with van der Waals surface area (Å²) < 4.78 is 0. The molecule has 6 nitrogen and oxygen atoms in total. The minimum Gasteiger partial charge on any atom is -0.351 e. The minimum atomic E-state index is 0.158. The van der Waals surface area contributed by atoms with Crippen LogP contribution in [0.25, 0.3) is 10.2 Å². The number of rotatable bonds is 4. The lowest BCUT2D eigenvalue weighted by Crippen LogP contribution is -3.14. The fourth-order valence-electron chi connectivity index (χ4n) is 4.95. The second-order valence-corrected chi connectivity index (χ2v) is 9.67. The smallest absolute Gasteiger partial charge is 0.264 e. The van der Waals surface area contributed by atoms with Crippen LogP contribution >= 0.6 is 11.3 Å². The van der Waals surface area contributed by atoms with E-state index in [1.807, 2.05) is 4.90 Å². The Morgan fingerprint density at radius 3 is 2.68 bits per heavy atom. The Morgan fingerprint density at radius 2 is 1.90 bits per heavy atom. The highest BCUT2D eigenvalue weighted by Gasteiger charge is 2.29. The summed E-state index contributed by atoms with van der Waals surface area (Å²) in [6.07, 6.45) is 3.86. The monoisotopic (exact) mass is 436 g/mol. The summed E-state index contributed by atoms with van der Waals surface area (Å²) in [6.45, 7) is 11.0. The van der Waals surface area contributed by atoms with Gasteiger partial charge in [-0.1, -0.05) is 31.2 Å². The predicted molar refractivity (Wildman–Crippen MR) is 125 cm³/mol. The molecule has 1 N–H and O–H groups in total. The summed E-state index contributed by atoms with van der Waals surface area (Å²) >= 11 is 1.52. The van der Waals surface area contributed by atoms with Crippen LogP contribution in [-0.2, 0) is 13.0 Å². The van der Waals surface area contributed by atoms with E-state index in [-0.39, 0.29) is 5.91 Å². The topological polar surface area (TPSA) is 53.8 Å². The number of nitrogens with one attached hydrogen (secondary N) is 1.